The molecule has 1 heterocycles. The Morgan fingerprint density at radius 3 is 2.38 bits per heavy atom. The lowest BCUT2D eigenvalue weighted by Crippen LogP contribution is -2.17. The molecule has 6 heteroatoms. The number of ether oxygens (including phenoxy) is 1. The summed E-state index contributed by atoms with van der Waals surface area (Å²) in [6.07, 6.45) is 1.19. The number of nitriles is 1. The van der Waals surface area contributed by atoms with E-state index in [1.54, 1.807) is 30.3 Å². The van der Waals surface area contributed by atoms with Gasteiger partial charge in [0.25, 0.3) is 0 Å². The molecule has 2 aromatic rings. The van der Waals surface area contributed by atoms with Gasteiger partial charge in [-0.1, -0.05) is 18.2 Å². The van der Waals surface area contributed by atoms with Gasteiger partial charge in [0.15, 0.2) is 9.84 Å². The van der Waals surface area contributed by atoms with Crippen LogP contribution in [0.15, 0.2) is 47.4 Å². The summed E-state index contributed by atoms with van der Waals surface area (Å²) in [6, 6.07) is 14.4. The zero-order chi connectivity index (χ0) is 18.3. The van der Waals surface area contributed by atoms with E-state index in [1.807, 2.05) is 12.1 Å². The van der Waals surface area contributed by atoms with Crippen LogP contribution in [0.1, 0.15) is 5.56 Å². The number of sulfone groups is 1. The minimum absolute atomic E-state index is 0.284. The van der Waals surface area contributed by atoms with Gasteiger partial charge >= 0.3 is 0 Å². The van der Waals surface area contributed by atoms with Crippen molar-refractivity contribution in [1.82, 2.24) is 5.32 Å². The molecular weight excluding hydrogens is 348 g/mol. The number of fused-ring (bicyclic) bond motifs is 1. The van der Waals surface area contributed by atoms with Gasteiger partial charge in [-0.2, -0.15) is 5.26 Å². The summed E-state index contributed by atoms with van der Waals surface area (Å²) in [5, 5.41) is 12.8. The summed E-state index contributed by atoms with van der Waals surface area (Å²) in [5.74, 6) is 2.68. The van der Waals surface area contributed by atoms with Gasteiger partial charge in [-0.15, -0.1) is 0 Å². The summed E-state index contributed by atoms with van der Waals surface area (Å²) in [6.45, 7) is 2.81. The summed E-state index contributed by atoms with van der Waals surface area (Å²) in [4.78, 5) is 0.284. The average Bonchev–Trinajstić information content (AvgIpc) is 3.06. The molecule has 1 aliphatic carbocycles. The van der Waals surface area contributed by atoms with E-state index in [2.05, 4.69) is 11.4 Å². The Hall–Kier alpha value is -2.36. The van der Waals surface area contributed by atoms with Gasteiger partial charge in [-0.05, 0) is 60.3 Å². The van der Waals surface area contributed by atoms with Crippen LogP contribution in [-0.4, -0.2) is 34.4 Å². The van der Waals surface area contributed by atoms with Crippen LogP contribution in [0.4, 0.5) is 0 Å². The fourth-order valence-electron chi connectivity index (χ4n) is 3.80. The summed E-state index contributed by atoms with van der Waals surface area (Å²) in [5.41, 5.74) is 2.23. The predicted octanol–water partition coefficient (Wildman–Crippen LogP) is 2.47. The Kier molecular flexibility index (Phi) is 4.22. The van der Waals surface area contributed by atoms with Crippen LogP contribution in [0.3, 0.4) is 0 Å². The highest BCUT2D eigenvalue weighted by Crippen LogP contribution is 2.48. The molecule has 2 aromatic carbocycles. The first-order valence-corrected chi connectivity index (χ1v) is 10.5. The molecule has 5 nitrogen and oxygen atoms in total. The third kappa shape index (κ3) is 3.20. The Labute approximate surface area is 153 Å². The monoisotopic (exact) mass is 368 g/mol. The second-order valence-electron chi connectivity index (χ2n) is 7.08. The SMILES string of the molecule is CS(=O)(=O)c1ccc(-c2ccc(OCC3[C@H]4CNC[C@@H]34)c(C#N)c2)cc1. The first-order chi connectivity index (χ1) is 12.5. The second kappa shape index (κ2) is 6.42. The molecule has 3 atom stereocenters. The maximum Gasteiger partial charge on any atom is 0.175 e. The van der Waals surface area contributed by atoms with Gasteiger partial charge in [-0.25, -0.2) is 8.42 Å². The van der Waals surface area contributed by atoms with Gasteiger partial charge in [0, 0.05) is 12.2 Å². The largest absolute Gasteiger partial charge is 0.492 e. The smallest absolute Gasteiger partial charge is 0.175 e. The lowest BCUT2D eigenvalue weighted by atomic mass is 10.0. The maximum absolute atomic E-state index is 11.6. The molecule has 4 rings (SSSR count). The molecule has 0 bridgehead atoms. The van der Waals surface area contributed by atoms with E-state index in [1.165, 1.54) is 6.26 Å². The van der Waals surface area contributed by atoms with Gasteiger partial charge < -0.3 is 10.1 Å². The van der Waals surface area contributed by atoms with Crippen molar-refractivity contribution < 1.29 is 13.2 Å². The van der Waals surface area contributed by atoms with Crippen LogP contribution in [0.25, 0.3) is 11.1 Å². The van der Waals surface area contributed by atoms with Gasteiger partial charge in [0.2, 0.25) is 0 Å². The van der Waals surface area contributed by atoms with Crippen molar-refractivity contribution in [2.75, 3.05) is 26.0 Å². The third-order valence-electron chi connectivity index (χ3n) is 5.42. The molecule has 26 heavy (non-hydrogen) atoms. The Bertz CT molecular complexity index is 967. The standard InChI is InChI=1S/C20H20N2O3S/c1-26(23,24)16-5-2-13(3-6-16)14-4-7-20(15(8-14)9-21)25-12-19-17-10-22-11-18(17)19/h2-8,17-19,22H,10-12H2,1H3/t17-,18+,19?. The van der Waals surface area contributed by atoms with Crippen molar-refractivity contribution in [3.05, 3.63) is 48.0 Å². The molecular formula is C20H20N2O3S. The van der Waals surface area contributed by atoms with Crippen LogP contribution >= 0.6 is 0 Å². The van der Waals surface area contributed by atoms with Gasteiger partial charge in [-0.3, -0.25) is 0 Å². The summed E-state index contributed by atoms with van der Waals surface area (Å²) < 4.78 is 29.0. The molecule has 1 saturated carbocycles. The highest BCUT2D eigenvalue weighted by molar-refractivity contribution is 7.90. The van der Waals surface area contributed by atoms with E-state index in [0.717, 1.165) is 36.1 Å². The van der Waals surface area contributed by atoms with Crippen molar-refractivity contribution in [2.45, 2.75) is 4.90 Å². The number of nitrogens with one attached hydrogen (secondary N) is 1. The van der Waals surface area contributed by atoms with E-state index in [0.29, 0.717) is 23.8 Å². The van der Waals surface area contributed by atoms with E-state index in [9.17, 15) is 13.7 Å². The minimum Gasteiger partial charge on any atom is -0.492 e. The number of hydrogen-bond donors (Lipinski definition) is 1. The summed E-state index contributed by atoms with van der Waals surface area (Å²) >= 11 is 0. The molecule has 1 aliphatic heterocycles. The number of piperidine rings is 1. The lowest BCUT2D eigenvalue weighted by Gasteiger charge is -2.11. The zero-order valence-electron chi connectivity index (χ0n) is 14.5. The molecule has 0 amide bonds. The van der Waals surface area contributed by atoms with Crippen molar-refractivity contribution in [1.29, 1.82) is 5.26 Å². The van der Waals surface area contributed by atoms with Crippen LogP contribution in [0.5, 0.6) is 5.75 Å². The number of hydrogen-bond acceptors (Lipinski definition) is 5. The van der Waals surface area contributed by atoms with E-state index >= 15 is 0 Å². The van der Waals surface area contributed by atoms with Gasteiger partial charge in [0.1, 0.15) is 11.8 Å². The molecule has 1 N–H and O–H groups in total. The predicted molar refractivity (Wildman–Crippen MR) is 98.5 cm³/mol. The number of benzene rings is 2. The molecule has 0 spiro atoms. The Morgan fingerprint density at radius 2 is 1.77 bits per heavy atom. The quantitative estimate of drug-likeness (QED) is 0.877. The number of nitrogens with zero attached hydrogens (tertiary/aromatic N) is 1. The maximum atomic E-state index is 11.6. The molecule has 2 aliphatic rings. The lowest BCUT2D eigenvalue weighted by molar-refractivity contribution is 0.280. The zero-order valence-corrected chi connectivity index (χ0v) is 15.3. The molecule has 0 radical (unpaired) electrons. The van der Waals surface area contributed by atoms with Crippen LogP contribution in [-0.2, 0) is 9.84 Å². The van der Waals surface area contributed by atoms with Crippen LogP contribution < -0.4 is 10.1 Å². The first kappa shape index (κ1) is 17.1. The molecule has 1 unspecified atom stereocenters. The van der Waals surface area contributed by atoms with Gasteiger partial charge in [0.05, 0.1) is 17.1 Å². The normalized spacial score (nSPS) is 23.9. The van der Waals surface area contributed by atoms with Crippen molar-refractivity contribution in [3.8, 4) is 22.9 Å². The van der Waals surface area contributed by atoms with E-state index in [4.69, 9.17) is 4.74 Å². The molecule has 2 fully saturated rings. The first-order valence-electron chi connectivity index (χ1n) is 8.65. The van der Waals surface area contributed by atoms with Crippen LogP contribution in [0.2, 0.25) is 0 Å². The fraction of sp³-hybridized carbons (Fsp3) is 0.350. The fourth-order valence-corrected chi connectivity index (χ4v) is 4.43. The average molecular weight is 368 g/mol. The second-order valence-corrected chi connectivity index (χ2v) is 9.10. The van der Waals surface area contributed by atoms with E-state index in [-0.39, 0.29) is 4.90 Å². The molecule has 134 valence electrons. The van der Waals surface area contributed by atoms with Crippen molar-refractivity contribution in [3.63, 3.8) is 0 Å². The summed E-state index contributed by atoms with van der Waals surface area (Å²) in [7, 11) is -3.21. The molecule has 0 aromatic heterocycles. The minimum atomic E-state index is -3.21. The Morgan fingerprint density at radius 1 is 1.12 bits per heavy atom. The van der Waals surface area contributed by atoms with Crippen molar-refractivity contribution in [2.24, 2.45) is 17.8 Å². The highest BCUT2D eigenvalue weighted by Gasteiger charge is 2.53. The van der Waals surface area contributed by atoms with Crippen LogP contribution in [0, 0.1) is 29.1 Å². The third-order valence-corrected chi connectivity index (χ3v) is 6.54. The number of rotatable bonds is 5. The van der Waals surface area contributed by atoms with Crippen molar-refractivity contribution >= 4 is 9.84 Å². The highest BCUT2D eigenvalue weighted by atomic mass is 32.2. The topological polar surface area (TPSA) is 79.2 Å². The Balaban J connectivity index is 1.50. The molecule has 1 saturated heterocycles. The van der Waals surface area contributed by atoms with E-state index < -0.39 is 9.84 Å².